The highest BCUT2D eigenvalue weighted by molar-refractivity contribution is 6.00. The smallest absolute Gasteiger partial charge is 0.437 e. The summed E-state index contributed by atoms with van der Waals surface area (Å²) < 4.78 is 49.2. The lowest BCUT2D eigenvalue weighted by molar-refractivity contribution is -0.238. The Morgan fingerprint density at radius 2 is 1.43 bits per heavy atom. The normalized spacial score (nSPS) is 21.5. The van der Waals surface area contributed by atoms with E-state index in [1.54, 1.807) is 36.4 Å². The molecule has 0 aromatic heterocycles. The number of halogens is 3. The van der Waals surface area contributed by atoms with E-state index in [2.05, 4.69) is 25.8 Å². The van der Waals surface area contributed by atoms with E-state index in [0.717, 1.165) is 0 Å². The second kappa shape index (κ2) is 6.64. The molecular formula is C23H26F3NO. The van der Waals surface area contributed by atoms with Crippen LogP contribution in [0.5, 0.6) is 0 Å². The molecule has 0 radical (unpaired) electrons. The third kappa shape index (κ3) is 3.67. The minimum atomic E-state index is -4.64. The molecule has 0 bridgehead atoms. The van der Waals surface area contributed by atoms with Crippen molar-refractivity contribution in [2.24, 2.45) is 10.4 Å². The zero-order valence-electron chi connectivity index (χ0n) is 16.9. The van der Waals surface area contributed by atoms with Crippen LogP contribution in [0.15, 0.2) is 59.6 Å². The molecule has 0 N–H and O–H groups in total. The van der Waals surface area contributed by atoms with Crippen LogP contribution in [-0.2, 0) is 10.3 Å². The Morgan fingerprint density at radius 1 is 0.857 bits per heavy atom. The Bertz CT molecular complexity index is 879. The van der Waals surface area contributed by atoms with Crippen LogP contribution >= 0.6 is 0 Å². The molecule has 0 fully saturated rings. The number of hydrogen-bond acceptors (Lipinski definition) is 2. The number of ether oxygens (including phenoxy) is 1. The third-order valence-corrected chi connectivity index (χ3v) is 4.73. The molecule has 150 valence electrons. The number of nitrogens with zero attached hydrogens (tertiary/aromatic N) is 1. The fourth-order valence-corrected chi connectivity index (χ4v) is 4.19. The predicted octanol–water partition coefficient (Wildman–Crippen LogP) is 6.48. The molecule has 1 heterocycles. The molecule has 2 nitrogen and oxygen atoms in total. The molecule has 1 aliphatic rings. The molecule has 3 rings (SSSR count). The van der Waals surface area contributed by atoms with Crippen molar-refractivity contribution in [3.63, 3.8) is 0 Å². The Kier molecular flexibility index (Phi) is 4.85. The highest BCUT2D eigenvalue weighted by Gasteiger charge is 2.64. The molecule has 0 saturated heterocycles. The van der Waals surface area contributed by atoms with Gasteiger partial charge in [0.15, 0.2) is 0 Å². The fourth-order valence-electron chi connectivity index (χ4n) is 4.19. The van der Waals surface area contributed by atoms with Gasteiger partial charge in [-0.1, -0.05) is 69.3 Å². The molecular weight excluding hydrogens is 363 g/mol. The maximum Gasteiger partial charge on any atom is 0.437 e. The summed E-state index contributed by atoms with van der Waals surface area (Å²) in [6, 6.07) is 14.2. The first-order chi connectivity index (χ1) is 12.9. The quantitative estimate of drug-likeness (QED) is 0.588. The van der Waals surface area contributed by atoms with Crippen molar-refractivity contribution in [3.8, 4) is 0 Å². The first-order valence-electron chi connectivity index (χ1n) is 9.37. The van der Waals surface area contributed by atoms with E-state index in [0.29, 0.717) is 12.0 Å². The summed E-state index contributed by atoms with van der Waals surface area (Å²) in [5, 5.41) is 0. The van der Waals surface area contributed by atoms with Crippen molar-refractivity contribution in [3.05, 3.63) is 71.3 Å². The number of alkyl halides is 3. The zero-order chi connectivity index (χ0) is 20.8. The Labute approximate surface area is 164 Å². The van der Waals surface area contributed by atoms with Crippen molar-refractivity contribution in [1.29, 1.82) is 0 Å². The van der Waals surface area contributed by atoms with Gasteiger partial charge in [0, 0.05) is 16.7 Å². The Morgan fingerprint density at radius 3 is 2.00 bits per heavy atom. The van der Waals surface area contributed by atoms with Crippen molar-refractivity contribution in [2.75, 3.05) is 0 Å². The van der Waals surface area contributed by atoms with Crippen LogP contribution in [0.3, 0.4) is 0 Å². The highest BCUT2D eigenvalue weighted by atomic mass is 19.4. The summed E-state index contributed by atoms with van der Waals surface area (Å²) in [6.07, 6.45) is -3.94. The first kappa shape index (κ1) is 20.4. The van der Waals surface area contributed by atoms with Crippen LogP contribution in [0.4, 0.5) is 13.2 Å². The Hall–Kier alpha value is -2.30. The highest BCUT2D eigenvalue weighted by Crippen LogP contribution is 2.52. The third-order valence-electron chi connectivity index (χ3n) is 4.73. The molecule has 28 heavy (non-hydrogen) atoms. The van der Waals surface area contributed by atoms with E-state index in [9.17, 15) is 13.2 Å². The second-order valence-electron chi connectivity index (χ2n) is 9.16. The number of aliphatic imine (C=N–C) groups is 1. The molecule has 1 aliphatic heterocycles. The molecule has 5 heteroatoms. The van der Waals surface area contributed by atoms with E-state index >= 15 is 0 Å². The number of benzene rings is 2. The topological polar surface area (TPSA) is 21.6 Å². The van der Waals surface area contributed by atoms with E-state index in [1.807, 2.05) is 13.8 Å². The molecule has 2 aromatic rings. The van der Waals surface area contributed by atoms with Crippen molar-refractivity contribution in [1.82, 2.24) is 0 Å². The van der Waals surface area contributed by atoms with Gasteiger partial charge in [0.2, 0.25) is 5.90 Å². The molecule has 0 aliphatic carbocycles. The summed E-state index contributed by atoms with van der Waals surface area (Å²) in [6.45, 7) is 10.1. The van der Waals surface area contributed by atoms with E-state index in [-0.39, 0.29) is 22.4 Å². The maximum absolute atomic E-state index is 14.5. The lowest BCUT2D eigenvalue weighted by Crippen LogP contribution is -2.44. The predicted molar refractivity (Wildman–Crippen MR) is 105 cm³/mol. The van der Waals surface area contributed by atoms with Gasteiger partial charge < -0.3 is 4.74 Å². The second-order valence-corrected chi connectivity index (χ2v) is 9.16. The first-order valence-corrected chi connectivity index (χ1v) is 9.37. The number of fused-ring (bicyclic) bond motifs is 1. The van der Waals surface area contributed by atoms with Gasteiger partial charge >= 0.3 is 6.18 Å². The van der Waals surface area contributed by atoms with Gasteiger partial charge in [-0.2, -0.15) is 13.2 Å². The van der Waals surface area contributed by atoms with Gasteiger partial charge in [-0.15, -0.1) is 0 Å². The van der Waals surface area contributed by atoms with Crippen molar-refractivity contribution in [2.45, 2.75) is 58.4 Å². The Balaban J connectivity index is 2.20. The molecule has 1 atom stereocenters. The van der Waals surface area contributed by atoms with Gasteiger partial charge in [-0.25, -0.2) is 4.99 Å². The monoisotopic (exact) mass is 389 g/mol. The lowest BCUT2D eigenvalue weighted by atomic mass is 9.82. The van der Waals surface area contributed by atoms with Crippen LogP contribution < -0.4 is 0 Å². The molecule has 1 unspecified atom stereocenters. The maximum atomic E-state index is 14.5. The summed E-state index contributed by atoms with van der Waals surface area (Å²) in [5.74, 6) is 0.0472. The summed E-state index contributed by atoms with van der Waals surface area (Å²) in [7, 11) is 0. The van der Waals surface area contributed by atoms with Crippen LogP contribution in [0.25, 0.3) is 0 Å². The van der Waals surface area contributed by atoms with Crippen molar-refractivity contribution < 1.29 is 17.9 Å². The van der Waals surface area contributed by atoms with E-state index in [4.69, 9.17) is 4.74 Å². The SMILES string of the molecule is CC(C)(C)CC(C)(C)N=C1OC(c2ccccc2)(C(F)(F)F)c2ccccc21. The van der Waals surface area contributed by atoms with E-state index in [1.165, 1.54) is 18.2 Å². The molecule has 0 saturated carbocycles. The summed E-state index contributed by atoms with van der Waals surface area (Å²) in [5.41, 5.74) is -2.62. The van der Waals surface area contributed by atoms with E-state index < -0.39 is 17.3 Å². The lowest BCUT2D eigenvalue weighted by Gasteiger charge is -2.33. The average molecular weight is 389 g/mol. The average Bonchev–Trinajstić information content (AvgIpc) is 2.88. The fraction of sp³-hybridized carbons (Fsp3) is 0.435. The summed E-state index contributed by atoms with van der Waals surface area (Å²) in [4.78, 5) is 4.66. The largest absolute Gasteiger partial charge is 0.451 e. The van der Waals surface area contributed by atoms with Gasteiger partial charge in [0.1, 0.15) is 0 Å². The standard InChI is InChI=1S/C23H26F3NO/c1-20(2,3)15-21(4,5)27-19-17-13-9-10-14-18(17)22(28-19,23(24,25)26)16-11-7-6-8-12-16/h6-14H,15H2,1-5H3. The van der Waals surface area contributed by atoms with Crippen molar-refractivity contribution >= 4 is 5.90 Å². The van der Waals surface area contributed by atoms with Crippen LogP contribution in [-0.4, -0.2) is 17.6 Å². The molecule has 0 amide bonds. The van der Waals surface area contributed by atoms with Crippen LogP contribution in [0, 0.1) is 5.41 Å². The minimum absolute atomic E-state index is 0.0216. The van der Waals surface area contributed by atoms with Gasteiger partial charge in [-0.05, 0) is 31.7 Å². The van der Waals surface area contributed by atoms with Crippen LogP contribution in [0.2, 0.25) is 0 Å². The van der Waals surface area contributed by atoms with Crippen LogP contribution in [0.1, 0.15) is 57.7 Å². The van der Waals surface area contributed by atoms with Gasteiger partial charge in [0.05, 0.1) is 5.54 Å². The number of rotatable bonds is 3. The van der Waals surface area contributed by atoms with Gasteiger partial charge in [-0.3, -0.25) is 0 Å². The minimum Gasteiger partial charge on any atom is -0.451 e. The van der Waals surface area contributed by atoms with Gasteiger partial charge in [0.25, 0.3) is 5.60 Å². The number of hydrogen-bond donors (Lipinski definition) is 0. The zero-order valence-corrected chi connectivity index (χ0v) is 16.9. The summed E-state index contributed by atoms with van der Waals surface area (Å²) >= 11 is 0. The molecule has 2 aromatic carbocycles. The molecule has 0 spiro atoms.